The van der Waals surface area contributed by atoms with Gasteiger partial charge >= 0.3 is 0 Å². The molecule has 1 aliphatic rings. The molecule has 168 valence electrons. The van der Waals surface area contributed by atoms with Crippen molar-refractivity contribution in [3.05, 3.63) is 64.5 Å². The number of hydrogen-bond acceptors (Lipinski definition) is 6. The zero-order valence-electron chi connectivity index (χ0n) is 17.5. The lowest BCUT2D eigenvalue weighted by molar-refractivity contribution is -0.126. The summed E-state index contributed by atoms with van der Waals surface area (Å²) in [6.45, 7) is 2.90. The van der Waals surface area contributed by atoms with Gasteiger partial charge in [-0.1, -0.05) is 28.4 Å². The monoisotopic (exact) mass is 490 g/mol. The molecule has 1 fully saturated rings. The number of rotatable bonds is 8. The highest BCUT2D eigenvalue weighted by Gasteiger charge is 2.25. The third-order valence-electron chi connectivity index (χ3n) is 5.37. The van der Waals surface area contributed by atoms with Crippen LogP contribution in [0.5, 0.6) is 0 Å². The number of halogens is 2. The summed E-state index contributed by atoms with van der Waals surface area (Å²) in [6.07, 6.45) is 1.66. The molecular formula is C23H24Cl2N4O2S. The van der Waals surface area contributed by atoms with E-state index in [1.54, 1.807) is 23.9 Å². The summed E-state index contributed by atoms with van der Waals surface area (Å²) in [7, 11) is 0. The number of aromatic nitrogens is 2. The fourth-order valence-electron chi connectivity index (χ4n) is 3.60. The van der Waals surface area contributed by atoms with Crippen molar-refractivity contribution >= 4 is 40.9 Å². The van der Waals surface area contributed by atoms with Crippen LogP contribution >= 0.6 is 35.0 Å². The van der Waals surface area contributed by atoms with Gasteiger partial charge in [0.25, 0.3) is 0 Å². The highest BCUT2D eigenvalue weighted by atomic mass is 35.5. The Morgan fingerprint density at radius 2 is 1.72 bits per heavy atom. The fourth-order valence-corrected chi connectivity index (χ4v) is 4.62. The highest BCUT2D eigenvalue weighted by molar-refractivity contribution is 7.99. The van der Waals surface area contributed by atoms with Crippen LogP contribution in [0.3, 0.4) is 0 Å². The maximum absolute atomic E-state index is 12.5. The summed E-state index contributed by atoms with van der Waals surface area (Å²) < 4.78 is 5.41. The molecule has 4 rings (SSSR count). The molecule has 9 heteroatoms. The Morgan fingerprint density at radius 1 is 1.06 bits per heavy atom. The molecule has 0 aliphatic carbocycles. The number of nitrogens with one attached hydrogen (secondary N) is 1. The second-order valence-electron chi connectivity index (χ2n) is 7.66. The van der Waals surface area contributed by atoms with Crippen molar-refractivity contribution in [3.8, 4) is 11.4 Å². The van der Waals surface area contributed by atoms with Crippen molar-refractivity contribution in [2.24, 2.45) is 5.92 Å². The summed E-state index contributed by atoms with van der Waals surface area (Å²) in [5.74, 6) is 2.17. The third kappa shape index (κ3) is 6.48. The van der Waals surface area contributed by atoms with Crippen LogP contribution in [0.15, 0.2) is 57.9 Å². The largest absolute Gasteiger partial charge is 0.355 e. The Kier molecular flexibility index (Phi) is 8.08. The summed E-state index contributed by atoms with van der Waals surface area (Å²) in [5, 5.41) is 8.54. The molecule has 2 aromatic carbocycles. The predicted molar refractivity (Wildman–Crippen MR) is 128 cm³/mol. The first-order valence-corrected chi connectivity index (χ1v) is 12.3. The van der Waals surface area contributed by atoms with E-state index in [1.165, 1.54) is 0 Å². The van der Waals surface area contributed by atoms with Gasteiger partial charge in [0.05, 0.1) is 6.54 Å². The molecule has 1 N–H and O–H groups in total. The Hall–Kier alpha value is -2.06. The van der Waals surface area contributed by atoms with E-state index in [1.807, 2.05) is 36.4 Å². The van der Waals surface area contributed by atoms with Crippen LogP contribution in [-0.4, -0.2) is 46.3 Å². The van der Waals surface area contributed by atoms with Crippen molar-refractivity contribution < 1.29 is 9.32 Å². The van der Waals surface area contributed by atoms with E-state index in [-0.39, 0.29) is 11.8 Å². The maximum atomic E-state index is 12.5. The molecule has 0 atom stereocenters. The first-order valence-electron chi connectivity index (χ1n) is 10.5. The summed E-state index contributed by atoms with van der Waals surface area (Å²) in [4.78, 5) is 20.4. The van der Waals surface area contributed by atoms with Crippen molar-refractivity contribution in [2.75, 3.05) is 25.4 Å². The Morgan fingerprint density at radius 3 is 2.41 bits per heavy atom. The summed E-state index contributed by atoms with van der Waals surface area (Å²) in [6, 6.07) is 15.1. The van der Waals surface area contributed by atoms with Gasteiger partial charge in [-0.3, -0.25) is 9.69 Å². The second kappa shape index (κ2) is 11.2. The lowest BCUT2D eigenvalue weighted by Crippen LogP contribution is -2.40. The van der Waals surface area contributed by atoms with Crippen LogP contribution in [0, 0.1) is 5.92 Å². The van der Waals surface area contributed by atoms with E-state index >= 15 is 0 Å². The number of likely N-dealkylation sites (tertiary alicyclic amines) is 1. The quantitative estimate of drug-likeness (QED) is 0.347. The minimum absolute atomic E-state index is 0.0547. The van der Waals surface area contributed by atoms with Crippen LogP contribution in [0.2, 0.25) is 10.0 Å². The van der Waals surface area contributed by atoms with Crippen molar-refractivity contribution in [2.45, 2.75) is 24.3 Å². The second-order valence-corrected chi connectivity index (χ2v) is 9.70. The van der Waals surface area contributed by atoms with E-state index in [9.17, 15) is 4.79 Å². The average Bonchev–Trinajstić information content (AvgIpc) is 3.27. The van der Waals surface area contributed by atoms with Gasteiger partial charge in [-0.25, -0.2) is 0 Å². The first-order chi connectivity index (χ1) is 15.6. The van der Waals surface area contributed by atoms with Crippen molar-refractivity contribution in [3.63, 3.8) is 0 Å². The molecule has 1 aliphatic heterocycles. The lowest BCUT2D eigenvalue weighted by atomic mass is 9.96. The topological polar surface area (TPSA) is 71.3 Å². The number of carbonyl (C=O) groups excluding carboxylic acids is 1. The highest BCUT2D eigenvalue weighted by Crippen LogP contribution is 2.22. The van der Waals surface area contributed by atoms with E-state index < -0.39 is 0 Å². The maximum Gasteiger partial charge on any atom is 0.241 e. The number of benzene rings is 2. The van der Waals surface area contributed by atoms with E-state index in [2.05, 4.69) is 20.4 Å². The molecule has 1 aromatic heterocycles. The minimum Gasteiger partial charge on any atom is -0.355 e. The van der Waals surface area contributed by atoms with Crippen molar-refractivity contribution in [1.82, 2.24) is 20.4 Å². The number of amides is 1. The zero-order chi connectivity index (χ0) is 22.3. The van der Waals surface area contributed by atoms with E-state index in [0.717, 1.165) is 47.2 Å². The van der Waals surface area contributed by atoms with Gasteiger partial charge in [0.1, 0.15) is 0 Å². The van der Waals surface area contributed by atoms with Crippen LogP contribution < -0.4 is 5.32 Å². The average molecular weight is 491 g/mol. The molecule has 0 radical (unpaired) electrons. The number of carbonyl (C=O) groups is 1. The van der Waals surface area contributed by atoms with Gasteiger partial charge in [-0.05, 0) is 74.5 Å². The zero-order valence-corrected chi connectivity index (χ0v) is 19.8. The van der Waals surface area contributed by atoms with E-state index in [0.29, 0.717) is 29.8 Å². The lowest BCUT2D eigenvalue weighted by Gasteiger charge is -2.30. The molecule has 2 heterocycles. The molecule has 0 unspecified atom stereocenters. The standard InChI is InChI=1S/C23H24Cl2N4O2S/c24-18-3-1-16(2-4-18)22-27-21(31-28-22)15-29-12-9-17(10-13-29)23(30)26-11-14-32-20-7-5-19(25)6-8-20/h1-8,17H,9-15H2,(H,26,30). The van der Waals surface area contributed by atoms with Crippen molar-refractivity contribution in [1.29, 1.82) is 0 Å². The molecule has 3 aromatic rings. The van der Waals surface area contributed by atoms with Gasteiger partial charge in [-0.15, -0.1) is 11.8 Å². The van der Waals surface area contributed by atoms with Crippen LogP contribution in [0.1, 0.15) is 18.7 Å². The van der Waals surface area contributed by atoms with Crippen LogP contribution in [-0.2, 0) is 11.3 Å². The SMILES string of the molecule is O=C(NCCSc1ccc(Cl)cc1)C1CCN(Cc2nc(-c3ccc(Cl)cc3)no2)CC1. The Labute approximate surface area is 201 Å². The van der Waals surface area contributed by atoms with Gasteiger partial charge in [-0.2, -0.15) is 4.98 Å². The molecule has 1 amide bonds. The predicted octanol–water partition coefficient (Wildman–Crippen LogP) is 5.16. The van der Waals surface area contributed by atoms with Gasteiger partial charge < -0.3 is 9.84 Å². The summed E-state index contributed by atoms with van der Waals surface area (Å²) >= 11 is 13.5. The molecule has 1 saturated heterocycles. The van der Waals surface area contributed by atoms with Gasteiger partial charge in [0.2, 0.25) is 17.6 Å². The minimum atomic E-state index is 0.0547. The molecule has 32 heavy (non-hydrogen) atoms. The summed E-state index contributed by atoms with van der Waals surface area (Å²) in [5.41, 5.74) is 0.869. The van der Waals surface area contributed by atoms with Crippen LogP contribution in [0.25, 0.3) is 11.4 Å². The van der Waals surface area contributed by atoms with Crippen LogP contribution in [0.4, 0.5) is 0 Å². The molecular weight excluding hydrogens is 467 g/mol. The normalized spacial score (nSPS) is 15.1. The first kappa shape index (κ1) is 23.1. The number of hydrogen-bond donors (Lipinski definition) is 1. The van der Waals surface area contributed by atoms with Gasteiger partial charge in [0, 0.05) is 38.7 Å². The third-order valence-corrected chi connectivity index (χ3v) is 6.89. The number of piperidine rings is 1. The number of nitrogens with zero attached hydrogens (tertiary/aromatic N) is 3. The fraction of sp³-hybridized carbons (Fsp3) is 0.348. The molecule has 0 saturated carbocycles. The van der Waals surface area contributed by atoms with Gasteiger partial charge in [0.15, 0.2) is 0 Å². The smallest absolute Gasteiger partial charge is 0.241 e. The molecule has 0 spiro atoms. The molecule has 6 nitrogen and oxygen atoms in total. The van der Waals surface area contributed by atoms with E-state index in [4.69, 9.17) is 27.7 Å². The number of thioether (sulfide) groups is 1. The Bertz CT molecular complexity index is 1020. The molecule has 0 bridgehead atoms. The Balaban J connectivity index is 1.17.